The predicted molar refractivity (Wildman–Crippen MR) is 164 cm³/mol. The number of rotatable bonds is 10. The molecule has 44 heavy (non-hydrogen) atoms. The minimum Gasteiger partial charge on any atom is -0.482 e. The van der Waals surface area contributed by atoms with Crippen molar-refractivity contribution in [3.8, 4) is 17.3 Å². The smallest absolute Gasteiger partial charge is 0.329 e. The fraction of sp³-hybridized carbons (Fsp3) is 0.500. The third-order valence-electron chi connectivity index (χ3n) is 8.45. The quantitative estimate of drug-likeness (QED) is 0.261. The molecule has 6 rings (SSSR count). The van der Waals surface area contributed by atoms with Gasteiger partial charge in [0.15, 0.2) is 5.88 Å². The second-order valence-electron chi connectivity index (χ2n) is 11.7. The molecule has 1 aliphatic heterocycles. The Balaban J connectivity index is 1.45. The van der Waals surface area contributed by atoms with Crippen LogP contribution in [0.2, 0.25) is 0 Å². The van der Waals surface area contributed by atoms with Gasteiger partial charge in [0.1, 0.15) is 22.8 Å². The molecule has 236 valence electrons. The maximum absolute atomic E-state index is 13.8. The van der Waals surface area contributed by atoms with E-state index in [9.17, 15) is 22.0 Å². The van der Waals surface area contributed by atoms with Crippen molar-refractivity contribution in [3.63, 3.8) is 0 Å². The first-order valence-electron chi connectivity index (χ1n) is 14.9. The number of methoxy groups -OCH3 is 1. The van der Waals surface area contributed by atoms with E-state index >= 15 is 0 Å². The van der Waals surface area contributed by atoms with Crippen LogP contribution in [0.5, 0.6) is 5.88 Å². The average Bonchev–Trinajstić information content (AvgIpc) is 3.65. The molecule has 1 amide bonds. The van der Waals surface area contributed by atoms with Crippen molar-refractivity contribution in [1.82, 2.24) is 29.2 Å². The number of imidazole rings is 1. The topological polar surface area (TPSA) is 114 Å². The van der Waals surface area contributed by atoms with E-state index in [1.54, 1.807) is 25.3 Å². The van der Waals surface area contributed by atoms with Gasteiger partial charge in [0, 0.05) is 42.7 Å². The van der Waals surface area contributed by atoms with Crippen LogP contribution in [0.15, 0.2) is 30.3 Å². The highest BCUT2D eigenvalue weighted by Crippen LogP contribution is 2.38. The largest absolute Gasteiger partial charge is 0.482 e. The van der Waals surface area contributed by atoms with Crippen LogP contribution in [0, 0.1) is 12.8 Å². The number of hydrogen-bond acceptors (Lipinski definition) is 7. The third kappa shape index (κ3) is 5.60. The molecule has 14 heteroatoms. The van der Waals surface area contributed by atoms with Crippen molar-refractivity contribution in [3.05, 3.63) is 41.6 Å². The van der Waals surface area contributed by atoms with Gasteiger partial charge in [-0.2, -0.15) is 13.1 Å². The number of halogens is 2. The molecule has 2 fully saturated rings. The number of carbonyl (C=O) groups excluding carboxylic acids is 1. The lowest BCUT2D eigenvalue weighted by Crippen LogP contribution is -2.47. The van der Waals surface area contributed by atoms with Gasteiger partial charge in [0.25, 0.3) is 5.91 Å². The fourth-order valence-corrected chi connectivity index (χ4v) is 6.92. The molecule has 4 aromatic rings. The van der Waals surface area contributed by atoms with E-state index in [4.69, 9.17) is 9.72 Å². The van der Waals surface area contributed by atoms with Crippen molar-refractivity contribution < 1.29 is 26.7 Å². The highest BCUT2D eigenvalue weighted by Gasteiger charge is 2.31. The van der Waals surface area contributed by atoms with Gasteiger partial charge in [0.2, 0.25) is 10.0 Å². The second-order valence-corrected chi connectivity index (χ2v) is 13.5. The Morgan fingerprint density at radius 3 is 2.61 bits per heavy atom. The summed E-state index contributed by atoms with van der Waals surface area (Å²) in [5, 5.41) is 4.12. The van der Waals surface area contributed by atoms with Crippen molar-refractivity contribution in [1.29, 1.82) is 0 Å². The number of hydrogen-bond donors (Lipinski definition) is 1. The van der Waals surface area contributed by atoms with E-state index < -0.39 is 16.6 Å². The first-order valence-corrected chi connectivity index (χ1v) is 16.7. The molecule has 11 nitrogen and oxygen atoms in total. The minimum atomic E-state index is -4.26. The van der Waals surface area contributed by atoms with Crippen LogP contribution in [0.1, 0.15) is 48.7 Å². The van der Waals surface area contributed by atoms with Gasteiger partial charge in [0.05, 0.1) is 24.8 Å². The summed E-state index contributed by atoms with van der Waals surface area (Å²) in [6, 6.07) is 8.56. The van der Waals surface area contributed by atoms with Crippen LogP contribution in [0.4, 0.5) is 14.6 Å². The highest BCUT2D eigenvalue weighted by atomic mass is 32.2. The summed E-state index contributed by atoms with van der Waals surface area (Å²) >= 11 is 0. The summed E-state index contributed by atoms with van der Waals surface area (Å²) in [4.78, 5) is 24.9. The molecular formula is C30H37F2N7O4S. The monoisotopic (exact) mass is 629 g/mol. The Morgan fingerprint density at radius 1 is 1.18 bits per heavy atom. The molecule has 1 saturated carbocycles. The number of carbonyl (C=O) groups is 1. The number of alkyl halides is 2. The van der Waals surface area contributed by atoms with Gasteiger partial charge in [-0.3, -0.25) is 9.20 Å². The van der Waals surface area contributed by atoms with Gasteiger partial charge in [-0.1, -0.05) is 6.92 Å². The van der Waals surface area contributed by atoms with Gasteiger partial charge < -0.3 is 19.5 Å². The van der Waals surface area contributed by atoms with E-state index in [2.05, 4.69) is 17.2 Å². The molecule has 0 aromatic carbocycles. The zero-order valence-electron chi connectivity index (χ0n) is 25.3. The lowest BCUT2D eigenvalue weighted by atomic mass is 10.0. The van der Waals surface area contributed by atoms with Crippen molar-refractivity contribution in [2.24, 2.45) is 5.92 Å². The molecule has 2 aliphatic rings. The number of likely N-dealkylation sites (tertiary alicyclic amines) is 1. The van der Waals surface area contributed by atoms with E-state index in [1.165, 1.54) is 6.07 Å². The van der Waals surface area contributed by atoms with E-state index in [-0.39, 0.29) is 22.1 Å². The van der Waals surface area contributed by atoms with E-state index in [1.807, 2.05) is 26.9 Å². The van der Waals surface area contributed by atoms with Crippen LogP contribution >= 0.6 is 0 Å². The molecule has 4 aromatic heterocycles. The Kier molecular flexibility index (Phi) is 7.99. The van der Waals surface area contributed by atoms with Crippen LogP contribution in [0.3, 0.4) is 0 Å². The maximum Gasteiger partial charge on any atom is 0.329 e. The molecule has 1 atom stereocenters. The van der Waals surface area contributed by atoms with Crippen LogP contribution in [-0.2, 0) is 16.6 Å². The Bertz CT molecular complexity index is 1830. The number of anilines is 1. The van der Waals surface area contributed by atoms with Crippen molar-refractivity contribution >= 4 is 38.4 Å². The maximum atomic E-state index is 13.8. The van der Waals surface area contributed by atoms with E-state index in [0.29, 0.717) is 59.4 Å². The van der Waals surface area contributed by atoms with Gasteiger partial charge >= 0.3 is 6.55 Å². The number of amides is 1. The number of sulfonamides is 1. The summed E-state index contributed by atoms with van der Waals surface area (Å²) in [6.45, 7) is 3.45. The van der Waals surface area contributed by atoms with Crippen LogP contribution in [0.25, 0.3) is 28.1 Å². The summed E-state index contributed by atoms with van der Waals surface area (Å²) in [5.41, 5.74) is 3.55. The number of fused-ring (bicyclic) bond motifs is 2. The Hall–Kier alpha value is -3.78. The zero-order chi connectivity index (χ0) is 31.3. The lowest BCUT2D eigenvalue weighted by Gasteiger charge is -2.33. The minimum absolute atomic E-state index is 0.0308. The van der Waals surface area contributed by atoms with Crippen LogP contribution in [-0.4, -0.2) is 83.8 Å². The van der Waals surface area contributed by atoms with Gasteiger partial charge in [-0.15, -0.1) is 0 Å². The highest BCUT2D eigenvalue weighted by molar-refractivity contribution is 7.92. The number of aryl methyl sites for hydroxylation is 1. The number of likely N-dealkylation sites (N-methyl/N-ethyl adjacent to an activating group) is 1. The summed E-state index contributed by atoms with van der Waals surface area (Å²) in [7, 11) is -2.71. The van der Waals surface area contributed by atoms with Crippen LogP contribution < -0.4 is 14.4 Å². The van der Waals surface area contributed by atoms with E-state index in [0.717, 1.165) is 49.9 Å². The van der Waals surface area contributed by atoms with Gasteiger partial charge in [-0.25, -0.2) is 18.4 Å². The molecule has 1 saturated heterocycles. The predicted octanol–water partition coefficient (Wildman–Crippen LogP) is 4.28. The normalized spacial score (nSPS) is 17.6. The first kappa shape index (κ1) is 30.3. The SMILES string of the molecule is CCN[C@H]1CCCN(C(=O)c2cc(OC)n3c(C)c(-c4cc5ccc(N(C(F)F)S(C)(=O)=O)nc5n4CC4CC4)nc3c2)C1. The average molecular weight is 630 g/mol. The fourth-order valence-electron chi connectivity index (χ4n) is 6.19. The van der Waals surface area contributed by atoms with Crippen molar-refractivity contribution in [2.45, 2.75) is 58.7 Å². The molecule has 0 radical (unpaired) electrons. The molecule has 1 aliphatic carbocycles. The Labute approximate surface area is 254 Å². The number of pyridine rings is 2. The molecule has 0 unspecified atom stereocenters. The molecule has 1 N–H and O–H groups in total. The molecular weight excluding hydrogens is 592 g/mol. The second kappa shape index (κ2) is 11.6. The summed E-state index contributed by atoms with van der Waals surface area (Å²) in [6.07, 6.45) is 4.75. The lowest BCUT2D eigenvalue weighted by molar-refractivity contribution is 0.0695. The summed E-state index contributed by atoms with van der Waals surface area (Å²) < 4.78 is 61.6. The molecule has 0 spiro atoms. The number of nitrogens with zero attached hydrogens (tertiary/aromatic N) is 6. The number of aromatic nitrogens is 4. The Morgan fingerprint density at radius 2 is 1.95 bits per heavy atom. The first-order chi connectivity index (χ1) is 21.0. The van der Waals surface area contributed by atoms with Crippen molar-refractivity contribution in [2.75, 3.05) is 37.3 Å². The number of piperidine rings is 1. The third-order valence-corrected chi connectivity index (χ3v) is 9.51. The standard InChI is InChI=1S/C30H37F2N7O4S/c1-5-33-22-7-6-12-36(17-22)29(40)21-14-25-34-27(18(2)38(25)26(15-21)43-3)23-13-20-10-11-24(39(30(31)32)44(4,41)42)35-28(20)37(23)16-19-8-9-19/h10-11,13-15,19,22,30,33H,5-9,12,16-17H2,1-4H3/t22-/m0/s1. The van der Waals surface area contributed by atoms with Gasteiger partial charge in [-0.05, 0) is 69.3 Å². The summed E-state index contributed by atoms with van der Waals surface area (Å²) in [5.74, 6) is 0.433. The molecule has 0 bridgehead atoms. The zero-order valence-corrected chi connectivity index (χ0v) is 26.1. The number of nitrogens with one attached hydrogen (secondary N) is 1. The number of ether oxygens (including phenoxy) is 1. The molecule has 5 heterocycles.